The molecular weight excluding hydrogens is 386 g/mol. The maximum absolute atomic E-state index is 12.2. The third-order valence-electron chi connectivity index (χ3n) is 5.70. The van der Waals surface area contributed by atoms with E-state index < -0.39 is 0 Å². The number of fused-ring (bicyclic) bond motifs is 2. The van der Waals surface area contributed by atoms with Gasteiger partial charge in [0.15, 0.2) is 17.1 Å². The van der Waals surface area contributed by atoms with Gasteiger partial charge in [0.05, 0.1) is 25.4 Å². The van der Waals surface area contributed by atoms with Gasteiger partial charge in [0, 0.05) is 25.7 Å². The predicted molar refractivity (Wildman–Crippen MR) is 114 cm³/mol. The molecule has 0 bridgehead atoms. The van der Waals surface area contributed by atoms with Gasteiger partial charge in [0.2, 0.25) is 0 Å². The molecule has 0 saturated heterocycles. The number of aromatic nitrogens is 1. The quantitative estimate of drug-likeness (QED) is 0.433. The zero-order valence-electron chi connectivity index (χ0n) is 17.3. The summed E-state index contributed by atoms with van der Waals surface area (Å²) in [6, 6.07) is 9.26. The lowest BCUT2D eigenvalue weighted by molar-refractivity contribution is 0.245. The Balaban J connectivity index is 1.34. The minimum atomic E-state index is -0.368. The first kappa shape index (κ1) is 20.3. The molecule has 0 spiro atoms. The highest BCUT2D eigenvalue weighted by atomic mass is 16.5. The fourth-order valence-corrected chi connectivity index (χ4v) is 4.09. The van der Waals surface area contributed by atoms with Gasteiger partial charge < -0.3 is 13.9 Å². The highest BCUT2D eigenvalue weighted by Gasteiger charge is 2.19. The second-order valence-corrected chi connectivity index (χ2v) is 7.52. The van der Waals surface area contributed by atoms with E-state index in [0.29, 0.717) is 17.8 Å². The van der Waals surface area contributed by atoms with Crippen molar-refractivity contribution in [2.24, 2.45) is 0 Å². The molecule has 0 aliphatic carbocycles. The number of ether oxygens (including phenoxy) is 2. The van der Waals surface area contributed by atoms with Crippen molar-refractivity contribution in [2.75, 3.05) is 32.8 Å². The van der Waals surface area contributed by atoms with E-state index in [1.165, 1.54) is 11.1 Å². The van der Waals surface area contributed by atoms with Crippen LogP contribution in [0.2, 0.25) is 0 Å². The van der Waals surface area contributed by atoms with Crippen molar-refractivity contribution in [3.63, 3.8) is 0 Å². The third-order valence-corrected chi connectivity index (χ3v) is 5.70. The predicted octanol–water partition coefficient (Wildman–Crippen LogP) is 3.25. The Morgan fingerprint density at radius 2 is 1.80 bits per heavy atom. The van der Waals surface area contributed by atoms with E-state index in [0.717, 1.165) is 55.9 Å². The van der Waals surface area contributed by atoms with Gasteiger partial charge in [-0.15, -0.1) is 0 Å². The largest absolute Gasteiger partial charge is 0.493 e. The van der Waals surface area contributed by atoms with Gasteiger partial charge in [-0.1, -0.05) is 0 Å². The van der Waals surface area contributed by atoms with Crippen LogP contribution in [0.15, 0.2) is 39.5 Å². The van der Waals surface area contributed by atoms with Crippen molar-refractivity contribution in [2.45, 2.75) is 32.4 Å². The minimum absolute atomic E-state index is 0.368. The number of hydrogen-bond donors (Lipinski definition) is 2. The van der Waals surface area contributed by atoms with Crippen molar-refractivity contribution in [3.8, 4) is 11.5 Å². The lowest BCUT2D eigenvalue weighted by Crippen LogP contribution is -2.31. The molecule has 0 unspecified atom stereocenters. The lowest BCUT2D eigenvalue weighted by Gasteiger charge is -2.29. The molecule has 2 N–H and O–H groups in total. The smallest absolute Gasteiger partial charge is 0.419 e. The van der Waals surface area contributed by atoms with Crippen molar-refractivity contribution in [1.82, 2.24) is 9.47 Å². The van der Waals surface area contributed by atoms with E-state index >= 15 is 0 Å². The lowest BCUT2D eigenvalue weighted by atomic mass is 9.98. The molecule has 0 radical (unpaired) electrons. The van der Waals surface area contributed by atoms with Crippen LogP contribution in [-0.4, -0.2) is 42.0 Å². The molecule has 160 valence electrons. The number of benzene rings is 2. The fraction of sp³-hybridized carbons (Fsp3) is 0.409. The summed E-state index contributed by atoms with van der Waals surface area (Å²) < 4.78 is 17.8. The Labute approximate surface area is 174 Å². The zero-order valence-corrected chi connectivity index (χ0v) is 17.3. The number of nitrogens with one attached hydrogen (secondary N) is 1. The second kappa shape index (κ2) is 8.81. The molecule has 1 aliphatic heterocycles. The van der Waals surface area contributed by atoms with Gasteiger partial charge in [-0.3, -0.25) is 20.2 Å². The zero-order chi connectivity index (χ0) is 21.1. The van der Waals surface area contributed by atoms with Gasteiger partial charge in [-0.2, -0.15) is 0 Å². The Bertz CT molecular complexity index is 1090. The first-order chi connectivity index (χ1) is 14.6. The van der Waals surface area contributed by atoms with Crippen LogP contribution in [0.25, 0.3) is 11.1 Å². The number of unbranched alkanes of at least 4 members (excludes halogenated alkanes) is 1. The van der Waals surface area contributed by atoms with Crippen LogP contribution in [0.3, 0.4) is 0 Å². The Kier molecular flexibility index (Phi) is 5.96. The van der Waals surface area contributed by atoms with Crippen LogP contribution < -0.4 is 20.7 Å². The SMILES string of the molecule is COc1cc2c(cc1OC)CN(CCCCn1c(=O)oc3cc(NO)ccc31)CC2. The van der Waals surface area contributed by atoms with E-state index in [-0.39, 0.29) is 5.76 Å². The van der Waals surface area contributed by atoms with Gasteiger partial charge in [-0.05, 0) is 61.2 Å². The first-order valence-electron chi connectivity index (χ1n) is 10.1. The standard InChI is InChI=1S/C22H27N3O5/c1-28-20-11-15-7-10-24(14-16(15)12-21(20)29-2)8-3-4-9-25-18-6-5-17(23-27)13-19(18)30-22(25)26/h5-6,11-13,23,27H,3-4,7-10,14H2,1-2H3. The molecule has 3 aromatic rings. The molecule has 1 aliphatic rings. The van der Waals surface area contributed by atoms with Gasteiger partial charge in [0.25, 0.3) is 0 Å². The summed E-state index contributed by atoms with van der Waals surface area (Å²) in [6.45, 7) is 3.47. The number of aryl methyl sites for hydroxylation is 1. The van der Waals surface area contributed by atoms with Crippen LogP contribution in [0.1, 0.15) is 24.0 Å². The summed E-state index contributed by atoms with van der Waals surface area (Å²) in [7, 11) is 3.32. The average Bonchev–Trinajstić information content (AvgIpc) is 3.09. The van der Waals surface area contributed by atoms with Crippen molar-refractivity contribution in [3.05, 3.63) is 52.0 Å². The summed E-state index contributed by atoms with van der Waals surface area (Å²) >= 11 is 0. The van der Waals surface area contributed by atoms with E-state index in [2.05, 4.69) is 22.5 Å². The van der Waals surface area contributed by atoms with Gasteiger partial charge >= 0.3 is 5.76 Å². The number of methoxy groups -OCH3 is 2. The molecule has 0 atom stereocenters. The number of hydrogen-bond acceptors (Lipinski definition) is 7. The molecule has 1 aromatic heterocycles. The topological polar surface area (TPSA) is 89.1 Å². The summed E-state index contributed by atoms with van der Waals surface area (Å²) in [4.78, 5) is 14.6. The fourth-order valence-electron chi connectivity index (χ4n) is 4.09. The van der Waals surface area contributed by atoms with Gasteiger partial charge in [0.1, 0.15) is 0 Å². The number of nitrogens with zero attached hydrogens (tertiary/aromatic N) is 2. The van der Waals surface area contributed by atoms with Crippen molar-refractivity contribution >= 4 is 16.8 Å². The minimum Gasteiger partial charge on any atom is -0.493 e. The highest BCUT2D eigenvalue weighted by molar-refractivity contribution is 5.77. The molecule has 0 amide bonds. The number of rotatable bonds is 8. The Hall–Kier alpha value is -2.97. The van der Waals surface area contributed by atoms with E-state index in [9.17, 15) is 4.79 Å². The van der Waals surface area contributed by atoms with E-state index in [4.69, 9.17) is 19.1 Å². The van der Waals surface area contributed by atoms with E-state index in [1.54, 1.807) is 37.0 Å². The maximum Gasteiger partial charge on any atom is 0.419 e. The van der Waals surface area contributed by atoms with Crippen LogP contribution in [0, 0.1) is 0 Å². The van der Waals surface area contributed by atoms with Gasteiger partial charge in [-0.25, -0.2) is 4.79 Å². The number of anilines is 1. The Morgan fingerprint density at radius 1 is 1.07 bits per heavy atom. The molecule has 4 rings (SSSR count). The maximum atomic E-state index is 12.2. The van der Waals surface area contributed by atoms with E-state index in [1.807, 2.05) is 0 Å². The summed E-state index contributed by atoms with van der Waals surface area (Å²) in [5.41, 5.74) is 6.36. The molecule has 2 aromatic carbocycles. The molecule has 8 heteroatoms. The van der Waals surface area contributed by atoms with Crippen LogP contribution in [0.5, 0.6) is 11.5 Å². The summed E-state index contributed by atoms with van der Waals surface area (Å²) in [6.07, 6.45) is 2.85. The average molecular weight is 413 g/mol. The van der Waals surface area contributed by atoms with Crippen LogP contribution >= 0.6 is 0 Å². The molecule has 8 nitrogen and oxygen atoms in total. The molecule has 0 saturated carbocycles. The van der Waals surface area contributed by atoms with Crippen LogP contribution in [-0.2, 0) is 19.5 Å². The molecule has 0 fully saturated rings. The summed E-state index contributed by atoms with van der Waals surface area (Å²) in [5, 5.41) is 8.99. The molecule has 2 heterocycles. The van der Waals surface area contributed by atoms with Crippen LogP contribution in [0.4, 0.5) is 5.69 Å². The monoisotopic (exact) mass is 413 g/mol. The van der Waals surface area contributed by atoms with Crippen molar-refractivity contribution < 1.29 is 19.1 Å². The number of oxazole rings is 1. The first-order valence-corrected chi connectivity index (χ1v) is 10.1. The Morgan fingerprint density at radius 3 is 2.53 bits per heavy atom. The highest BCUT2D eigenvalue weighted by Crippen LogP contribution is 2.33. The normalized spacial score (nSPS) is 14.0. The van der Waals surface area contributed by atoms with Crippen molar-refractivity contribution in [1.29, 1.82) is 0 Å². The second-order valence-electron chi connectivity index (χ2n) is 7.52. The molecule has 30 heavy (non-hydrogen) atoms. The third kappa shape index (κ3) is 4.01. The molecular formula is C22H27N3O5. The summed E-state index contributed by atoms with van der Waals surface area (Å²) in [5.74, 6) is 1.18.